The van der Waals surface area contributed by atoms with E-state index >= 15 is 0 Å². The summed E-state index contributed by atoms with van der Waals surface area (Å²) in [5.74, 6) is 1.61. The number of carbonyl (C=O) groups is 1. The lowest BCUT2D eigenvalue weighted by Crippen LogP contribution is -2.29. The van der Waals surface area contributed by atoms with Crippen molar-refractivity contribution in [1.82, 2.24) is 0 Å². The Morgan fingerprint density at radius 2 is 1.81 bits per heavy atom. The van der Waals surface area contributed by atoms with Gasteiger partial charge in [-0.05, 0) is 24.6 Å². The van der Waals surface area contributed by atoms with Crippen molar-refractivity contribution in [2.24, 2.45) is 0 Å². The molecule has 0 spiro atoms. The van der Waals surface area contributed by atoms with Gasteiger partial charge in [0.2, 0.25) is 0 Å². The summed E-state index contributed by atoms with van der Waals surface area (Å²) in [5, 5.41) is 0. The molecule has 0 aromatic heterocycles. The second-order valence-electron chi connectivity index (χ2n) is 5.17. The van der Waals surface area contributed by atoms with Gasteiger partial charge in [0.05, 0.1) is 13.0 Å². The van der Waals surface area contributed by atoms with Gasteiger partial charge in [0.25, 0.3) is 0 Å². The lowest BCUT2D eigenvalue weighted by Gasteiger charge is -2.30. The van der Waals surface area contributed by atoms with Crippen LogP contribution in [0.15, 0.2) is 48.5 Å². The minimum absolute atomic E-state index is 0.0953. The van der Waals surface area contributed by atoms with Gasteiger partial charge < -0.3 is 9.47 Å². The number of rotatable bonds is 3. The predicted molar refractivity (Wildman–Crippen MR) is 80.8 cm³/mol. The van der Waals surface area contributed by atoms with Crippen molar-refractivity contribution in [3.05, 3.63) is 59.7 Å². The van der Waals surface area contributed by atoms with Crippen molar-refractivity contribution in [1.29, 1.82) is 0 Å². The number of ether oxygens (including phenoxy) is 2. The number of hydrogen-bond donors (Lipinski definition) is 0. The van der Waals surface area contributed by atoms with Crippen molar-refractivity contribution < 1.29 is 14.3 Å². The molecule has 3 nitrogen and oxygen atoms in total. The maximum absolute atomic E-state index is 12.7. The lowest BCUT2D eigenvalue weighted by atomic mass is 9.84. The molecule has 0 radical (unpaired) electrons. The van der Waals surface area contributed by atoms with Crippen LogP contribution < -0.4 is 9.47 Å². The van der Waals surface area contributed by atoms with E-state index in [1.165, 1.54) is 0 Å². The molecular formula is C18H18O3. The highest BCUT2D eigenvalue weighted by Crippen LogP contribution is 2.41. The summed E-state index contributed by atoms with van der Waals surface area (Å²) in [6.45, 7) is 2.04. The minimum atomic E-state index is -0.532. The second kappa shape index (κ2) is 5.60. The van der Waals surface area contributed by atoms with E-state index in [9.17, 15) is 4.79 Å². The normalized spacial score (nSPS) is 20.6. The quantitative estimate of drug-likeness (QED) is 0.856. The molecule has 3 rings (SSSR count). The molecule has 3 heteroatoms. The van der Waals surface area contributed by atoms with Crippen LogP contribution in [0, 0.1) is 0 Å². The molecule has 0 saturated heterocycles. The van der Waals surface area contributed by atoms with Crippen LogP contribution in [0.25, 0.3) is 0 Å². The van der Waals surface area contributed by atoms with E-state index in [-0.39, 0.29) is 11.7 Å². The summed E-state index contributed by atoms with van der Waals surface area (Å²) in [4.78, 5) is 12.7. The molecular weight excluding hydrogens is 264 g/mol. The van der Waals surface area contributed by atoms with E-state index < -0.39 is 6.10 Å². The Hall–Kier alpha value is -2.29. The smallest absolute Gasteiger partial charge is 0.185 e. The molecule has 0 saturated carbocycles. The van der Waals surface area contributed by atoms with Crippen molar-refractivity contribution in [2.45, 2.75) is 25.4 Å². The molecule has 1 heterocycles. The summed E-state index contributed by atoms with van der Waals surface area (Å²) in [5.41, 5.74) is 1.86. The van der Waals surface area contributed by atoms with Gasteiger partial charge in [-0.1, -0.05) is 37.3 Å². The summed E-state index contributed by atoms with van der Waals surface area (Å²) < 4.78 is 11.1. The molecule has 21 heavy (non-hydrogen) atoms. The molecule has 0 aliphatic carbocycles. The molecule has 108 valence electrons. The van der Waals surface area contributed by atoms with E-state index in [0.717, 1.165) is 29.0 Å². The highest BCUT2D eigenvalue weighted by Gasteiger charge is 2.36. The van der Waals surface area contributed by atoms with E-state index in [0.29, 0.717) is 0 Å². The molecule has 0 N–H and O–H groups in total. The predicted octanol–water partition coefficient (Wildman–Crippen LogP) is 3.89. The first-order valence-corrected chi connectivity index (χ1v) is 7.18. The Labute approximate surface area is 124 Å². The first-order chi connectivity index (χ1) is 10.2. The fourth-order valence-corrected chi connectivity index (χ4v) is 2.83. The topological polar surface area (TPSA) is 35.5 Å². The van der Waals surface area contributed by atoms with E-state index in [4.69, 9.17) is 9.47 Å². The molecule has 2 unspecified atom stereocenters. The average Bonchev–Trinajstić information content (AvgIpc) is 2.54. The molecule has 2 aromatic carbocycles. The molecule has 0 fully saturated rings. The number of Topliss-reactive ketones (excluding diaryl/α,β-unsaturated/α-hetero) is 1. The van der Waals surface area contributed by atoms with Crippen LogP contribution in [-0.2, 0) is 4.79 Å². The Bertz CT molecular complexity index is 646. The van der Waals surface area contributed by atoms with Gasteiger partial charge in [0.15, 0.2) is 11.9 Å². The zero-order chi connectivity index (χ0) is 14.8. The first kappa shape index (κ1) is 13.7. The zero-order valence-electron chi connectivity index (χ0n) is 12.2. The van der Waals surface area contributed by atoms with Gasteiger partial charge in [-0.2, -0.15) is 0 Å². The highest BCUT2D eigenvalue weighted by atomic mass is 16.5. The average molecular weight is 282 g/mol. The lowest BCUT2D eigenvalue weighted by molar-refractivity contribution is -0.129. The van der Waals surface area contributed by atoms with Crippen LogP contribution in [0.2, 0.25) is 0 Å². The van der Waals surface area contributed by atoms with E-state index in [1.807, 2.05) is 55.5 Å². The van der Waals surface area contributed by atoms with Crippen molar-refractivity contribution in [2.75, 3.05) is 7.11 Å². The SMILES string of the molecule is CCC1C(=O)C(c2ccc(OC)cc2)Oc2ccccc21. The van der Waals surface area contributed by atoms with Gasteiger partial charge >= 0.3 is 0 Å². The maximum atomic E-state index is 12.7. The standard InChI is InChI=1S/C18H18O3/c1-3-14-15-6-4-5-7-16(15)21-18(17(14)19)12-8-10-13(20-2)11-9-12/h4-11,14,18H,3H2,1-2H3. The van der Waals surface area contributed by atoms with Gasteiger partial charge in [0, 0.05) is 11.1 Å². The fraction of sp³-hybridized carbons (Fsp3) is 0.278. The number of hydrogen-bond acceptors (Lipinski definition) is 3. The number of carbonyl (C=O) groups excluding carboxylic acids is 1. The zero-order valence-corrected chi connectivity index (χ0v) is 12.2. The molecule has 2 aromatic rings. The second-order valence-corrected chi connectivity index (χ2v) is 5.17. The number of methoxy groups -OCH3 is 1. The number of fused-ring (bicyclic) bond motifs is 1. The molecule has 0 amide bonds. The van der Waals surface area contributed by atoms with Crippen LogP contribution in [0.3, 0.4) is 0 Å². The Balaban J connectivity index is 1.98. The van der Waals surface area contributed by atoms with Crippen LogP contribution in [0.4, 0.5) is 0 Å². The highest BCUT2D eigenvalue weighted by molar-refractivity contribution is 5.93. The third-order valence-corrected chi connectivity index (χ3v) is 3.97. The Morgan fingerprint density at radius 1 is 1.10 bits per heavy atom. The number of para-hydroxylation sites is 1. The molecule has 2 atom stereocenters. The maximum Gasteiger partial charge on any atom is 0.185 e. The largest absolute Gasteiger partial charge is 0.497 e. The third-order valence-electron chi connectivity index (χ3n) is 3.97. The fourth-order valence-electron chi connectivity index (χ4n) is 2.83. The summed E-state index contributed by atoms with van der Waals surface area (Å²) in [6.07, 6.45) is 0.252. The van der Waals surface area contributed by atoms with Crippen molar-refractivity contribution in [3.63, 3.8) is 0 Å². The minimum Gasteiger partial charge on any atom is -0.497 e. The molecule has 0 bridgehead atoms. The van der Waals surface area contributed by atoms with Gasteiger partial charge in [0.1, 0.15) is 11.5 Å². The number of ketones is 1. The molecule has 1 aliphatic rings. The summed E-state index contributed by atoms with van der Waals surface area (Å²) >= 11 is 0. The van der Waals surface area contributed by atoms with Crippen LogP contribution in [0.1, 0.15) is 36.5 Å². The van der Waals surface area contributed by atoms with Crippen LogP contribution >= 0.6 is 0 Å². The third kappa shape index (κ3) is 2.40. The summed E-state index contributed by atoms with van der Waals surface area (Å²) in [6, 6.07) is 15.3. The van der Waals surface area contributed by atoms with Crippen molar-refractivity contribution >= 4 is 5.78 Å². The molecule has 1 aliphatic heterocycles. The van der Waals surface area contributed by atoms with Gasteiger partial charge in [-0.25, -0.2) is 0 Å². The number of benzene rings is 2. The van der Waals surface area contributed by atoms with Crippen LogP contribution in [0.5, 0.6) is 11.5 Å². The van der Waals surface area contributed by atoms with Gasteiger partial charge in [-0.15, -0.1) is 0 Å². The summed E-state index contributed by atoms with van der Waals surface area (Å²) in [7, 11) is 1.63. The Morgan fingerprint density at radius 3 is 2.48 bits per heavy atom. The van der Waals surface area contributed by atoms with E-state index in [2.05, 4.69) is 0 Å². The first-order valence-electron chi connectivity index (χ1n) is 7.18. The van der Waals surface area contributed by atoms with Crippen LogP contribution in [-0.4, -0.2) is 12.9 Å². The Kier molecular flexibility index (Phi) is 3.65. The van der Waals surface area contributed by atoms with E-state index in [1.54, 1.807) is 7.11 Å². The van der Waals surface area contributed by atoms with Crippen molar-refractivity contribution in [3.8, 4) is 11.5 Å². The monoisotopic (exact) mass is 282 g/mol. The van der Waals surface area contributed by atoms with Gasteiger partial charge in [-0.3, -0.25) is 4.79 Å².